The Labute approximate surface area is 79.0 Å². The molecule has 1 heterocycles. The molecule has 2 rings (SSSR count). The first kappa shape index (κ1) is 8.85. The number of nitrogens with zero attached hydrogens (tertiary/aromatic N) is 1. The van der Waals surface area contributed by atoms with Crippen molar-refractivity contribution in [1.29, 1.82) is 0 Å². The zero-order valence-electron chi connectivity index (χ0n) is 8.32. The van der Waals surface area contributed by atoms with Crippen LogP contribution in [0.25, 0.3) is 0 Å². The molecule has 3 heteroatoms. The van der Waals surface area contributed by atoms with E-state index in [9.17, 15) is 4.79 Å². The normalized spacial score (nSPS) is 30.5. The Morgan fingerprint density at radius 2 is 2.08 bits per heavy atom. The molecule has 1 aliphatic heterocycles. The fourth-order valence-electron chi connectivity index (χ4n) is 1.88. The number of hydrogen-bond acceptors (Lipinski definition) is 2. The van der Waals surface area contributed by atoms with Crippen molar-refractivity contribution in [2.75, 3.05) is 19.7 Å². The van der Waals surface area contributed by atoms with E-state index in [1.807, 2.05) is 4.90 Å². The van der Waals surface area contributed by atoms with Crippen LogP contribution in [0.3, 0.4) is 0 Å². The second-order valence-electron chi connectivity index (χ2n) is 4.63. The smallest absolute Gasteiger partial charge is 0.409 e. The maximum absolute atomic E-state index is 11.4. The van der Waals surface area contributed by atoms with Gasteiger partial charge in [-0.3, -0.25) is 0 Å². The fourth-order valence-corrected chi connectivity index (χ4v) is 1.88. The van der Waals surface area contributed by atoms with E-state index in [2.05, 4.69) is 13.8 Å². The lowest BCUT2D eigenvalue weighted by Gasteiger charge is -2.18. The Balaban J connectivity index is 1.71. The van der Waals surface area contributed by atoms with Gasteiger partial charge < -0.3 is 9.64 Å². The molecule has 1 aliphatic carbocycles. The lowest BCUT2D eigenvalue weighted by atomic mass is 10.2. The van der Waals surface area contributed by atoms with Crippen molar-refractivity contribution < 1.29 is 9.53 Å². The highest BCUT2D eigenvalue weighted by Gasteiger charge is 2.47. The molecule has 3 nitrogen and oxygen atoms in total. The summed E-state index contributed by atoms with van der Waals surface area (Å²) in [6.07, 6.45) is 1.22. The van der Waals surface area contributed by atoms with Crippen molar-refractivity contribution in [3.05, 3.63) is 0 Å². The molecule has 1 saturated carbocycles. The van der Waals surface area contributed by atoms with Gasteiger partial charge in [0.1, 0.15) is 0 Å². The van der Waals surface area contributed by atoms with Gasteiger partial charge >= 0.3 is 6.09 Å². The maximum Gasteiger partial charge on any atom is 0.409 e. The average molecular weight is 183 g/mol. The summed E-state index contributed by atoms with van der Waals surface area (Å²) in [5.41, 5.74) is 0. The topological polar surface area (TPSA) is 29.5 Å². The molecule has 0 unspecified atom stereocenters. The maximum atomic E-state index is 11.4. The van der Waals surface area contributed by atoms with E-state index >= 15 is 0 Å². The highest BCUT2D eigenvalue weighted by molar-refractivity contribution is 5.68. The van der Waals surface area contributed by atoms with E-state index in [4.69, 9.17) is 4.74 Å². The van der Waals surface area contributed by atoms with Gasteiger partial charge in [-0.2, -0.15) is 0 Å². The molecule has 0 spiro atoms. The molecule has 0 bridgehead atoms. The summed E-state index contributed by atoms with van der Waals surface area (Å²) < 4.78 is 5.14. The average Bonchev–Trinajstić information content (AvgIpc) is 2.69. The molecule has 2 fully saturated rings. The summed E-state index contributed by atoms with van der Waals surface area (Å²) in [4.78, 5) is 13.3. The molecule has 0 radical (unpaired) electrons. The summed E-state index contributed by atoms with van der Waals surface area (Å²) in [6.45, 7) is 6.51. The van der Waals surface area contributed by atoms with Crippen molar-refractivity contribution in [3.8, 4) is 0 Å². The standard InChI is InChI=1S/C10H17NO2/c1-7(2)6-13-10(12)11-4-8-3-9(8)5-11/h7-9H,3-6H2,1-2H3/t8-,9+. The number of hydrogen-bond donors (Lipinski definition) is 0. The summed E-state index contributed by atoms with van der Waals surface area (Å²) in [6, 6.07) is 0. The van der Waals surface area contributed by atoms with E-state index < -0.39 is 0 Å². The minimum atomic E-state index is -0.110. The Kier molecular flexibility index (Phi) is 2.18. The molecule has 13 heavy (non-hydrogen) atoms. The Morgan fingerprint density at radius 1 is 1.46 bits per heavy atom. The molecule has 2 atom stereocenters. The minimum absolute atomic E-state index is 0.110. The number of rotatable bonds is 2. The van der Waals surface area contributed by atoms with Crippen LogP contribution in [0, 0.1) is 17.8 Å². The summed E-state index contributed by atoms with van der Waals surface area (Å²) >= 11 is 0. The van der Waals surface area contributed by atoms with E-state index in [1.165, 1.54) is 6.42 Å². The number of likely N-dealkylation sites (tertiary alicyclic amines) is 1. The molecule has 0 aromatic carbocycles. The van der Waals surface area contributed by atoms with Gasteiger partial charge in [0.05, 0.1) is 6.61 Å². The summed E-state index contributed by atoms with van der Waals surface area (Å²) in [5, 5.41) is 0. The van der Waals surface area contributed by atoms with Gasteiger partial charge in [0.2, 0.25) is 0 Å². The molecular weight excluding hydrogens is 166 g/mol. The molecule has 74 valence electrons. The molecule has 2 aliphatic rings. The van der Waals surface area contributed by atoms with Crippen molar-refractivity contribution in [1.82, 2.24) is 4.90 Å². The molecule has 0 N–H and O–H groups in total. The second-order valence-corrected chi connectivity index (χ2v) is 4.63. The molecular formula is C10H17NO2. The third kappa shape index (κ3) is 1.95. The predicted octanol–water partition coefficient (Wildman–Crippen LogP) is 1.73. The van der Waals surface area contributed by atoms with Crippen LogP contribution in [-0.4, -0.2) is 30.7 Å². The number of amides is 1. The monoisotopic (exact) mass is 183 g/mol. The van der Waals surface area contributed by atoms with Crippen molar-refractivity contribution in [3.63, 3.8) is 0 Å². The van der Waals surface area contributed by atoms with E-state index in [1.54, 1.807) is 0 Å². The Morgan fingerprint density at radius 3 is 2.62 bits per heavy atom. The first-order valence-electron chi connectivity index (χ1n) is 5.08. The Bertz CT molecular complexity index is 205. The zero-order valence-corrected chi connectivity index (χ0v) is 8.32. The molecule has 0 aromatic rings. The number of ether oxygens (including phenoxy) is 1. The third-order valence-corrected chi connectivity index (χ3v) is 2.78. The minimum Gasteiger partial charge on any atom is -0.449 e. The van der Waals surface area contributed by atoms with Gasteiger partial charge in [-0.25, -0.2) is 4.79 Å². The predicted molar refractivity (Wildman–Crippen MR) is 49.4 cm³/mol. The van der Waals surface area contributed by atoms with E-state index in [0.717, 1.165) is 24.9 Å². The van der Waals surface area contributed by atoms with Gasteiger partial charge in [-0.1, -0.05) is 13.8 Å². The van der Waals surface area contributed by atoms with Gasteiger partial charge in [0.15, 0.2) is 0 Å². The first-order valence-corrected chi connectivity index (χ1v) is 5.08. The van der Waals surface area contributed by atoms with Crippen LogP contribution in [0.4, 0.5) is 4.79 Å². The third-order valence-electron chi connectivity index (χ3n) is 2.78. The van der Waals surface area contributed by atoms with Crippen LogP contribution in [0.2, 0.25) is 0 Å². The zero-order chi connectivity index (χ0) is 9.42. The van der Waals surface area contributed by atoms with Crippen LogP contribution in [0.15, 0.2) is 0 Å². The number of piperidine rings is 1. The van der Waals surface area contributed by atoms with Gasteiger partial charge in [-0.15, -0.1) is 0 Å². The quantitative estimate of drug-likeness (QED) is 0.652. The molecule has 1 amide bonds. The number of carbonyl (C=O) groups is 1. The molecule has 0 aromatic heterocycles. The van der Waals surface area contributed by atoms with Gasteiger partial charge in [0.25, 0.3) is 0 Å². The van der Waals surface area contributed by atoms with Gasteiger partial charge in [0, 0.05) is 13.1 Å². The van der Waals surface area contributed by atoms with Crippen molar-refractivity contribution in [2.24, 2.45) is 17.8 Å². The first-order chi connectivity index (χ1) is 6.16. The van der Waals surface area contributed by atoms with E-state index in [-0.39, 0.29) is 6.09 Å². The van der Waals surface area contributed by atoms with Crippen molar-refractivity contribution >= 4 is 6.09 Å². The fraction of sp³-hybridized carbons (Fsp3) is 0.900. The summed E-state index contributed by atoms with van der Waals surface area (Å²) in [7, 11) is 0. The molecule has 1 saturated heterocycles. The van der Waals surface area contributed by atoms with Crippen LogP contribution in [-0.2, 0) is 4.74 Å². The van der Waals surface area contributed by atoms with Crippen LogP contribution in [0.5, 0.6) is 0 Å². The highest BCUT2D eigenvalue weighted by atomic mass is 16.6. The Hall–Kier alpha value is -0.730. The summed E-state index contributed by atoms with van der Waals surface area (Å²) in [5.74, 6) is 2.03. The highest BCUT2D eigenvalue weighted by Crippen LogP contribution is 2.44. The second kappa shape index (κ2) is 3.20. The van der Waals surface area contributed by atoms with Crippen LogP contribution in [0.1, 0.15) is 20.3 Å². The van der Waals surface area contributed by atoms with Crippen LogP contribution >= 0.6 is 0 Å². The largest absolute Gasteiger partial charge is 0.449 e. The lowest BCUT2D eigenvalue weighted by Crippen LogP contribution is -2.31. The SMILES string of the molecule is CC(C)COC(=O)N1C[C@H]2C[C@H]2C1. The van der Waals surface area contributed by atoms with Crippen molar-refractivity contribution in [2.45, 2.75) is 20.3 Å². The number of fused-ring (bicyclic) bond motifs is 1. The van der Waals surface area contributed by atoms with E-state index in [0.29, 0.717) is 12.5 Å². The lowest BCUT2D eigenvalue weighted by molar-refractivity contribution is 0.0960. The van der Waals surface area contributed by atoms with Crippen LogP contribution < -0.4 is 0 Å². The van der Waals surface area contributed by atoms with Gasteiger partial charge in [-0.05, 0) is 24.2 Å². The number of carbonyl (C=O) groups excluding carboxylic acids is 1.